The molecule has 6 nitrogen and oxygen atoms in total. The maximum Gasteiger partial charge on any atom is 0.253 e. The molecule has 1 aliphatic rings. The van der Waals surface area contributed by atoms with Crippen LogP contribution in [0.2, 0.25) is 0 Å². The van der Waals surface area contributed by atoms with E-state index in [9.17, 15) is 9.59 Å². The fraction of sp³-hybridized carbons (Fsp3) is 0.250. The summed E-state index contributed by atoms with van der Waals surface area (Å²) >= 11 is 0. The zero-order valence-electron chi connectivity index (χ0n) is 16.9. The number of furan rings is 1. The van der Waals surface area contributed by atoms with Crippen LogP contribution in [0.3, 0.4) is 0 Å². The second-order valence-electron chi connectivity index (χ2n) is 7.82. The van der Waals surface area contributed by atoms with Gasteiger partial charge in [-0.3, -0.25) is 9.59 Å². The summed E-state index contributed by atoms with van der Waals surface area (Å²) in [5.74, 6) is 0.102. The molecular formula is C24H25N3O3. The molecule has 1 aliphatic heterocycles. The van der Waals surface area contributed by atoms with Crippen LogP contribution in [-0.4, -0.2) is 35.8 Å². The van der Waals surface area contributed by atoms with Gasteiger partial charge in [-0.15, -0.1) is 0 Å². The van der Waals surface area contributed by atoms with E-state index in [4.69, 9.17) is 10.2 Å². The Morgan fingerprint density at radius 3 is 2.60 bits per heavy atom. The van der Waals surface area contributed by atoms with Crippen molar-refractivity contribution in [3.63, 3.8) is 0 Å². The highest BCUT2D eigenvalue weighted by Crippen LogP contribution is 2.24. The van der Waals surface area contributed by atoms with Gasteiger partial charge in [-0.2, -0.15) is 0 Å². The quantitative estimate of drug-likeness (QED) is 0.695. The van der Waals surface area contributed by atoms with Crippen LogP contribution in [-0.2, 0) is 4.79 Å². The molecular weight excluding hydrogens is 378 g/mol. The lowest BCUT2D eigenvalue weighted by Crippen LogP contribution is -2.52. The van der Waals surface area contributed by atoms with Crippen LogP contribution in [0.25, 0.3) is 11.3 Å². The molecule has 0 saturated carbocycles. The monoisotopic (exact) mass is 403 g/mol. The number of piperidine rings is 1. The zero-order chi connectivity index (χ0) is 21.1. The summed E-state index contributed by atoms with van der Waals surface area (Å²) in [4.78, 5) is 27.6. The van der Waals surface area contributed by atoms with Crippen molar-refractivity contribution < 1.29 is 14.0 Å². The maximum absolute atomic E-state index is 13.1. The Morgan fingerprint density at radius 2 is 1.87 bits per heavy atom. The standard InChI is InChI=1S/C24H25N3O3/c1-16-7-9-21(10-8-16)26-23(28)19-13-20(25)15-27(14-19)24(29)18-5-2-4-17(12-18)22-6-3-11-30-22/h2-12,19-20H,13-15,25H2,1H3,(H,26,28). The first kappa shape index (κ1) is 19.9. The van der Waals surface area contributed by atoms with Crippen molar-refractivity contribution in [3.8, 4) is 11.3 Å². The maximum atomic E-state index is 13.1. The average Bonchev–Trinajstić information content (AvgIpc) is 3.29. The smallest absolute Gasteiger partial charge is 0.253 e. The SMILES string of the molecule is Cc1ccc(NC(=O)C2CC(N)CN(C(=O)c3cccc(-c4ccco4)c3)C2)cc1. The first-order chi connectivity index (χ1) is 14.5. The lowest BCUT2D eigenvalue weighted by Gasteiger charge is -2.35. The van der Waals surface area contributed by atoms with Gasteiger partial charge in [-0.25, -0.2) is 0 Å². The molecule has 154 valence electrons. The van der Waals surface area contributed by atoms with Gasteiger partial charge in [-0.1, -0.05) is 29.8 Å². The lowest BCUT2D eigenvalue weighted by molar-refractivity contribution is -0.121. The number of carbonyl (C=O) groups excluding carboxylic acids is 2. The molecule has 30 heavy (non-hydrogen) atoms. The third-order valence-electron chi connectivity index (χ3n) is 5.38. The van der Waals surface area contributed by atoms with Crippen LogP contribution in [0.15, 0.2) is 71.3 Å². The molecule has 1 saturated heterocycles. The summed E-state index contributed by atoms with van der Waals surface area (Å²) in [6.07, 6.45) is 2.15. The van der Waals surface area contributed by atoms with Crippen molar-refractivity contribution >= 4 is 17.5 Å². The molecule has 3 aromatic rings. The molecule has 2 aromatic carbocycles. The Balaban J connectivity index is 1.47. The first-order valence-electron chi connectivity index (χ1n) is 10.1. The highest BCUT2D eigenvalue weighted by atomic mass is 16.3. The fourth-order valence-electron chi connectivity index (χ4n) is 3.81. The lowest BCUT2D eigenvalue weighted by atomic mass is 9.93. The summed E-state index contributed by atoms with van der Waals surface area (Å²) in [7, 11) is 0. The zero-order valence-corrected chi connectivity index (χ0v) is 16.9. The molecule has 0 spiro atoms. The van der Waals surface area contributed by atoms with Gasteiger partial charge < -0.3 is 20.4 Å². The Morgan fingerprint density at radius 1 is 1.07 bits per heavy atom. The molecule has 2 amide bonds. The molecule has 0 aliphatic carbocycles. The number of likely N-dealkylation sites (tertiary alicyclic amines) is 1. The molecule has 4 rings (SSSR count). The molecule has 2 unspecified atom stereocenters. The van der Waals surface area contributed by atoms with E-state index in [1.807, 2.05) is 61.5 Å². The van der Waals surface area contributed by atoms with Crippen molar-refractivity contribution in [3.05, 3.63) is 78.1 Å². The highest BCUT2D eigenvalue weighted by molar-refractivity contribution is 5.97. The van der Waals surface area contributed by atoms with E-state index in [-0.39, 0.29) is 23.8 Å². The van der Waals surface area contributed by atoms with Crippen molar-refractivity contribution in [1.29, 1.82) is 0 Å². The van der Waals surface area contributed by atoms with E-state index in [2.05, 4.69) is 5.32 Å². The molecule has 0 radical (unpaired) electrons. The van der Waals surface area contributed by atoms with Crippen LogP contribution in [0.1, 0.15) is 22.3 Å². The van der Waals surface area contributed by atoms with Gasteiger partial charge >= 0.3 is 0 Å². The predicted molar refractivity (Wildman–Crippen MR) is 116 cm³/mol. The fourth-order valence-corrected chi connectivity index (χ4v) is 3.81. The second-order valence-corrected chi connectivity index (χ2v) is 7.82. The topological polar surface area (TPSA) is 88.6 Å². The molecule has 6 heteroatoms. The van der Waals surface area contributed by atoms with Crippen LogP contribution < -0.4 is 11.1 Å². The van der Waals surface area contributed by atoms with Gasteiger partial charge in [0, 0.05) is 35.9 Å². The molecule has 0 bridgehead atoms. The molecule has 3 N–H and O–H groups in total. The Hall–Kier alpha value is -3.38. The summed E-state index contributed by atoms with van der Waals surface area (Å²) in [6.45, 7) is 2.77. The molecule has 1 fully saturated rings. The van der Waals surface area contributed by atoms with Crippen molar-refractivity contribution in [1.82, 2.24) is 4.90 Å². The minimum Gasteiger partial charge on any atom is -0.464 e. The van der Waals surface area contributed by atoms with Gasteiger partial charge in [0.15, 0.2) is 0 Å². The van der Waals surface area contributed by atoms with Crippen LogP contribution >= 0.6 is 0 Å². The van der Waals surface area contributed by atoms with Gasteiger partial charge in [-0.05, 0) is 49.7 Å². The summed E-state index contributed by atoms with van der Waals surface area (Å²) in [6, 6.07) is 18.4. The van der Waals surface area contributed by atoms with E-state index < -0.39 is 0 Å². The Labute approximate surface area is 175 Å². The van der Waals surface area contributed by atoms with Gasteiger partial charge in [0.2, 0.25) is 5.91 Å². The largest absolute Gasteiger partial charge is 0.464 e. The van der Waals surface area contributed by atoms with E-state index in [1.165, 1.54) is 0 Å². The van der Waals surface area contributed by atoms with Gasteiger partial charge in [0.1, 0.15) is 5.76 Å². The van der Waals surface area contributed by atoms with Crippen molar-refractivity contribution in [2.24, 2.45) is 11.7 Å². The summed E-state index contributed by atoms with van der Waals surface area (Å²) < 4.78 is 5.43. The van der Waals surface area contributed by atoms with Crippen molar-refractivity contribution in [2.45, 2.75) is 19.4 Å². The average molecular weight is 403 g/mol. The van der Waals surface area contributed by atoms with Gasteiger partial charge in [0.25, 0.3) is 5.91 Å². The number of hydrogen-bond acceptors (Lipinski definition) is 4. The number of carbonyl (C=O) groups is 2. The Kier molecular flexibility index (Phi) is 5.68. The Bertz CT molecular complexity index is 1030. The number of nitrogens with one attached hydrogen (secondary N) is 1. The number of amides is 2. The van der Waals surface area contributed by atoms with E-state index in [0.29, 0.717) is 30.8 Å². The van der Waals surface area contributed by atoms with E-state index in [1.54, 1.807) is 17.2 Å². The van der Waals surface area contributed by atoms with Crippen molar-refractivity contribution in [2.75, 3.05) is 18.4 Å². The highest BCUT2D eigenvalue weighted by Gasteiger charge is 2.33. The molecule has 2 atom stereocenters. The number of nitrogens with two attached hydrogens (primary N) is 1. The molecule has 2 heterocycles. The van der Waals surface area contributed by atoms with Crippen LogP contribution in [0.4, 0.5) is 5.69 Å². The normalized spacial score (nSPS) is 18.8. The second kappa shape index (κ2) is 8.55. The number of anilines is 1. The number of aryl methyl sites for hydroxylation is 1. The third kappa shape index (κ3) is 4.44. The van der Waals surface area contributed by atoms with E-state index in [0.717, 1.165) is 16.8 Å². The van der Waals surface area contributed by atoms with Crippen LogP contribution in [0.5, 0.6) is 0 Å². The third-order valence-corrected chi connectivity index (χ3v) is 5.38. The summed E-state index contributed by atoms with van der Waals surface area (Å²) in [5, 5.41) is 2.94. The number of nitrogens with zero attached hydrogens (tertiary/aromatic N) is 1. The number of hydrogen-bond donors (Lipinski definition) is 2. The number of benzene rings is 2. The minimum atomic E-state index is -0.354. The summed E-state index contributed by atoms with van der Waals surface area (Å²) in [5.41, 5.74) is 9.46. The van der Waals surface area contributed by atoms with Gasteiger partial charge in [0.05, 0.1) is 12.2 Å². The first-order valence-corrected chi connectivity index (χ1v) is 10.1. The van der Waals surface area contributed by atoms with E-state index >= 15 is 0 Å². The van der Waals surface area contributed by atoms with Crippen LogP contribution in [0, 0.1) is 12.8 Å². The number of rotatable bonds is 4. The molecule has 1 aromatic heterocycles. The minimum absolute atomic E-state index is 0.115. The predicted octanol–water partition coefficient (Wildman–Crippen LogP) is 3.68.